The van der Waals surface area contributed by atoms with Crippen LogP contribution in [0, 0.1) is 0 Å². The molecule has 1 aromatic carbocycles. The number of benzene rings is 1. The van der Waals surface area contributed by atoms with Crippen molar-refractivity contribution >= 4 is 23.4 Å². The average molecular weight is 320 g/mol. The first-order valence-corrected chi connectivity index (χ1v) is 7.30. The van der Waals surface area contributed by atoms with Crippen LogP contribution in [0.4, 0.5) is 0 Å². The summed E-state index contributed by atoms with van der Waals surface area (Å²) in [5.41, 5.74) is 1.26. The van der Waals surface area contributed by atoms with Crippen molar-refractivity contribution in [2.24, 2.45) is 0 Å². The summed E-state index contributed by atoms with van der Waals surface area (Å²) in [4.78, 5) is 23.4. The van der Waals surface area contributed by atoms with Gasteiger partial charge in [0.25, 0.3) is 5.91 Å². The molecule has 2 N–H and O–H groups in total. The van der Waals surface area contributed by atoms with Crippen molar-refractivity contribution < 1.29 is 14.1 Å². The molecule has 0 unspecified atom stereocenters. The molecular weight excluding hydrogens is 306 g/mol. The normalized spacial score (nSPS) is 13.7. The fourth-order valence-electron chi connectivity index (χ4n) is 1.92. The molecule has 0 saturated heterocycles. The highest BCUT2D eigenvalue weighted by atomic mass is 35.5. The number of nitrogens with zero attached hydrogens (tertiary/aromatic N) is 1. The van der Waals surface area contributed by atoms with Gasteiger partial charge in [0.05, 0.1) is 6.54 Å². The Kier molecular flexibility index (Phi) is 4.11. The fourth-order valence-corrected chi connectivity index (χ4v) is 2.11. The Labute approximate surface area is 131 Å². The topological polar surface area (TPSA) is 84.2 Å². The van der Waals surface area contributed by atoms with E-state index in [1.165, 1.54) is 6.07 Å². The maximum atomic E-state index is 11.9. The zero-order valence-corrected chi connectivity index (χ0v) is 12.4. The third-order valence-corrected chi connectivity index (χ3v) is 3.44. The van der Waals surface area contributed by atoms with Gasteiger partial charge in [-0.3, -0.25) is 9.59 Å². The van der Waals surface area contributed by atoms with Crippen molar-refractivity contribution in [2.45, 2.75) is 18.9 Å². The van der Waals surface area contributed by atoms with Crippen molar-refractivity contribution in [3.63, 3.8) is 0 Å². The van der Waals surface area contributed by atoms with Crippen LogP contribution >= 0.6 is 11.6 Å². The second-order valence-electron chi connectivity index (χ2n) is 5.11. The number of amides is 2. The Morgan fingerprint density at radius 3 is 2.86 bits per heavy atom. The van der Waals surface area contributed by atoms with Crippen LogP contribution < -0.4 is 10.6 Å². The molecule has 2 aromatic rings. The van der Waals surface area contributed by atoms with Crippen LogP contribution in [0.15, 0.2) is 34.9 Å². The number of aromatic nitrogens is 1. The molecule has 22 heavy (non-hydrogen) atoms. The van der Waals surface area contributed by atoms with Gasteiger partial charge in [-0.2, -0.15) is 0 Å². The molecule has 1 heterocycles. The first-order chi connectivity index (χ1) is 10.6. The van der Waals surface area contributed by atoms with Gasteiger partial charge in [0.15, 0.2) is 0 Å². The summed E-state index contributed by atoms with van der Waals surface area (Å²) in [6.45, 7) is -0.0808. The Morgan fingerprint density at radius 1 is 1.32 bits per heavy atom. The third kappa shape index (κ3) is 3.65. The first kappa shape index (κ1) is 14.6. The second-order valence-corrected chi connectivity index (χ2v) is 5.55. The molecule has 1 aromatic heterocycles. The smallest absolute Gasteiger partial charge is 0.290 e. The molecule has 1 fully saturated rings. The van der Waals surface area contributed by atoms with Crippen LogP contribution in [0.3, 0.4) is 0 Å². The number of rotatable bonds is 5. The molecule has 0 atom stereocenters. The lowest BCUT2D eigenvalue weighted by atomic mass is 10.1. The van der Waals surface area contributed by atoms with E-state index in [-0.39, 0.29) is 24.3 Å². The monoisotopic (exact) mass is 319 g/mol. The predicted octanol–water partition coefficient (Wildman–Crippen LogP) is 2.00. The molecule has 7 heteroatoms. The standard InChI is InChI=1S/C15H14ClN3O3/c16-10-3-1-2-9(6-10)12-7-13(22-19-12)15(21)17-8-14(20)18-11-4-5-11/h1-3,6-7,11H,4-5,8H2,(H,17,21)(H,18,20). The summed E-state index contributed by atoms with van der Waals surface area (Å²) < 4.78 is 5.01. The minimum atomic E-state index is -0.480. The van der Waals surface area contributed by atoms with Crippen LogP contribution in [0.2, 0.25) is 5.02 Å². The molecular formula is C15H14ClN3O3. The van der Waals surface area contributed by atoms with Crippen molar-refractivity contribution in [2.75, 3.05) is 6.54 Å². The Balaban J connectivity index is 1.60. The van der Waals surface area contributed by atoms with Crippen molar-refractivity contribution in [1.29, 1.82) is 0 Å². The van der Waals surface area contributed by atoms with Gasteiger partial charge in [-0.1, -0.05) is 28.9 Å². The van der Waals surface area contributed by atoms with Crippen LogP contribution in [0.1, 0.15) is 23.4 Å². The Hall–Kier alpha value is -2.34. The molecule has 3 rings (SSSR count). The zero-order chi connectivity index (χ0) is 15.5. The lowest BCUT2D eigenvalue weighted by Crippen LogP contribution is -2.37. The van der Waals surface area contributed by atoms with Crippen LogP contribution in [-0.4, -0.2) is 29.6 Å². The van der Waals surface area contributed by atoms with Crippen molar-refractivity contribution in [3.05, 3.63) is 41.1 Å². The van der Waals surface area contributed by atoms with Crippen LogP contribution in [-0.2, 0) is 4.79 Å². The van der Waals surface area contributed by atoms with E-state index in [1.807, 2.05) is 6.07 Å². The van der Waals surface area contributed by atoms with Gasteiger partial charge in [0.2, 0.25) is 11.7 Å². The lowest BCUT2D eigenvalue weighted by Gasteiger charge is -2.03. The summed E-state index contributed by atoms with van der Waals surface area (Å²) in [5, 5.41) is 9.69. The van der Waals surface area contributed by atoms with E-state index in [4.69, 9.17) is 16.1 Å². The highest BCUT2D eigenvalue weighted by Gasteiger charge is 2.23. The summed E-state index contributed by atoms with van der Waals surface area (Å²) in [6, 6.07) is 8.86. The zero-order valence-electron chi connectivity index (χ0n) is 11.6. The summed E-state index contributed by atoms with van der Waals surface area (Å²) in [5.74, 6) is -0.633. The summed E-state index contributed by atoms with van der Waals surface area (Å²) in [6.07, 6.45) is 2.01. The van der Waals surface area contributed by atoms with E-state index in [0.29, 0.717) is 10.7 Å². The average Bonchev–Trinajstić information content (AvgIpc) is 3.17. The highest BCUT2D eigenvalue weighted by Crippen LogP contribution is 2.22. The van der Waals surface area contributed by atoms with Crippen molar-refractivity contribution in [3.8, 4) is 11.3 Å². The molecule has 1 aliphatic rings. The van der Waals surface area contributed by atoms with Gasteiger partial charge in [0.1, 0.15) is 5.69 Å². The highest BCUT2D eigenvalue weighted by molar-refractivity contribution is 6.30. The van der Waals surface area contributed by atoms with E-state index < -0.39 is 5.91 Å². The molecule has 0 bridgehead atoms. The Morgan fingerprint density at radius 2 is 2.14 bits per heavy atom. The maximum absolute atomic E-state index is 11.9. The number of nitrogens with one attached hydrogen (secondary N) is 2. The SMILES string of the molecule is O=C(CNC(=O)c1cc(-c2cccc(Cl)c2)no1)NC1CC1. The number of carbonyl (C=O) groups excluding carboxylic acids is 2. The third-order valence-electron chi connectivity index (χ3n) is 3.21. The minimum Gasteiger partial charge on any atom is -0.352 e. The van der Waals surface area contributed by atoms with E-state index in [2.05, 4.69) is 15.8 Å². The fraction of sp³-hybridized carbons (Fsp3) is 0.267. The molecule has 2 amide bonds. The molecule has 6 nitrogen and oxygen atoms in total. The van der Waals surface area contributed by atoms with E-state index in [0.717, 1.165) is 18.4 Å². The number of hydrogen-bond acceptors (Lipinski definition) is 4. The maximum Gasteiger partial charge on any atom is 0.290 e. The second kappa shape index (κ2) is 6.19. The molecule has 1 aliphatic carbocycles. The largest absolute Gasteiger partial charge is 0.352 e. The minimum absolute atomic E-state index is 0.0502. The van der Waals surface area contributed by atoms with Crippen LogP contribution in [0.25, 0.3) is 11.3 Å². The molecule has 0 aliphatic heterocycles. The molecule has 1 saturated carbocycles. The number of hydrogen-bond donors (Lipinski definition) is 2. The summed E-state index contributed by atoms with van der Waals surface area (Å²) in [7, 11) is 0. The van der Waals surface area contributed by atoms with Gasteiger partial charge in [0, 0.05) is 22.7 Å². The van der Waals surface area contributed by atoms with E-state index >= 15 is 0 Å². The molecule has 114 valence electrons. The number of halogens is 1. The van der Waals surface area contributed by atoms with Crippen molar-refractivity contribution in [1.82, 2.24) is 15.8 Å². The first-order valence-electron chi connectivity index (χ1n) is 6.92. The van der Waals surface area contributed by atoms with Gasteiger partial charge < -0.3 is 15.2 Å². The van der Waals surface area contributed by atoms with E-state index in [9.17, 15) is 9.59 Å². The van der Waals surface area contributed by atoms with Gasteiger partial charge in [-0.05, 0) is 25.0 Å². The summed E-state index contributed by atoms with van der Waals surface area (Å²) >= 11 is 5.91. The molecule has 0 spiro atoms. The van der Waals surface area contributed by atoms with Gasteiger partial charge in [-0.25, -0.2) is 0 Å². The predicted molar refractivity (Wildman–Crippen MR) is 80.4 cm³/mol. The number of carbonyl (C=O) groups is 2. The quantitative estimate of drug-likeness (QED) is 0.883. The lowest BCUT2D eigenvalue weighted by molar-refractivity contribution is -0.120. The van der Waals surface area contributed by atoms with Crippen LogP contribution in [0.5, 0.6) is 0 Å². The van der Waals surface area contributed by atoms with Gasteiger partial charge in [-0.15, -0.1) is 0 Å². The van der Waals surface area contributed by atoms with E-state index in [1.54, 1.807) is 18.2 Å². The van der Waals surface area contributed by atoms with Gasteiger partial charge >= 0.3 is 0 Å². The Bertz CT molecular complexity index is 710. The molecule has 0 radical (unpaired) electrons.